The first-order valence-electron chi connectivity index (χ1n) is 32.1. The van der Waals surface area contributed by atoms with Gasteiger partial charge in [-0.15, -0.1) is 0 Å². The largest absolute Gasteiger partial charge is 0.483 e. The molecule has 19 N–H and O–H groups in total. The number of carbonyl (C=O) groups is 17. The quantitative estimate of drug-likeness (QED) is 0.100. The van der Waals surface area contributed by atoms with E-state index in [-0.39, 0.29) is 39.1 Å². The summed E-state index contributed by atoms with van der Waals surface area (Å²) >= 11 is 0. The second kappa shape index (κ2) is 43.3. The Hall–Kier alpha value is -8.32. The van der Waals surface area contributed by atoms with Gasteiger partial charge in [0.05, 0.1) is 18.2 Å². The Morgan fingerprint density at radius 1 is 0.313 bits per heavy atom. The minimum atomic E-state index is -1.08. The van der Waals surface area contributed by atoms with Crippen molar-refractivity contribution in [1.29, 1.82) is 0 Å². The topological polar surface area (TPSA) is 539 Å². The molecule has 3 heterocycles. The van der Waals surface area contributed by atoms with Crippen molar-refractivity contribution in [2.24, 2.45) is 10.9 Å². The Labute approximate surface area is 601 Å². The third kappa shape index (κ3) is 32.5. The van der Waals surface area contributed by atoms with Crippen LogP contribution in [0.3, 0.4) is 0 Å². The first-order chi connectivity index (χ1) is 45.3. The predicted octanol–water partition coefficient (Wildman–Crippen LogP) is -7.62. The van der Waals surface area contributed by atoms with Gasteiger partial charge in [0.15, 0.2) is 0 Å². The van der Waals surface area contributed by atoms with E-state index in [1.54, 1.807) is 27.7 Å². The van der Waals surface area contributed by atoms with Gasteiger partial charge in [-0.2, -0.15) is 0 Å². The molecule has 1 radical (unpaired) electrons. The van der Waals surface area contributed by atoms with Crippen LogP contribution in [0.2, 0.25) is 0 Å². The third-order valence-electron chi connectivity index (χ3n) is 15.0. The first kappa shape index (κ1) is 90.7. The maximum atomic E-state index is 12.5. The number of hydrogen-bond acceptors (Lipinski definition) is 20. The number of nitrogens with one attached hydrogen (secondary N) is 18. The molecule has 99 heavy (non-hydrogen) atoms. The molecule has 21 unspecified atom stereocenters. The van der Waals surface area contributed by atoms with Gasteiger partial charge in [0.1, 0.15) is 90.6 Å². The molecule has 17 amide bonds. The predicted molar refractivity (Wildman–Crippen MR) is 354 cm³/mol. The monoisotopic (exact) mass is 1480 g/mol. The van der Waals surface area contributed by atoms with Crippen molar-refractivity contribution in [3.8, 4) is 0 Å². The van der Waals surface area contributed by atoms with Crippen LogP contribution in [0.4, 0.5) is 0 Å². The molecule has 0 spiro atoms. The fourth-order valence-corrected chi connectivity index (χ4v) is 8.20. The number of aliphatic hydroxyl groups is 1. The molecule has 21 atom stereocenters. The summed E-state index contributed by atoms with van der Waals surface area (Å²) < 4.78 is 0. The van der Waals surface area contributed by atoms with E-state index in [1.165, 1.54) is 117 Å². The fourth-order valence-electron chi connectivity index (χ4n) is 8.20. The molecule has 0 aromatic carbocycles. The van der Waals surface area contributed by atoms with Crippen LogP contribution in [-0.2, 0) is 114 Å². The van der Waals surface area contributed by atoms with Gasteiger partial charge in [0, 0.05) is 44.8 Å². The number of nitrogens with zero attached hydrogens (tertiary/aromatic N) is 1. The SMILES string of the molecule is CC1C=NC(C)C(=O)NC(C)C(=O)NC(C)C(=O)NC(C)C(=O)NC(C)C(=O)NC(C)C(=O)N1.CC1CC(O)C(C)NC(=O)C(C)NC(=O)C(C)NC(=O)C(C)NC(=O)C(C)NC(=O)C(C)NC1=O.[CH2-]C1N[CH-]C(C)NC(=O)C(C)NC(=O)C(C)NC(=O)C(C)NC(=O)C(C)NC1=O.[Y]. The zero-order chi connectivity index (χ0) is 75.5. The summed E-state index contributed by atoms with van der Waals surface area (Å²) in [5.74, 6) is -10.4. The summed E-state index contributed by atoms with van der Waals surface area (Å²) in [5.41, 5.74) is 0. The van der Waals surface area contributed by atoms with Crippen LogP contribution in [0, 0.1) is 19.4 Å². The summed E-state index contributed by atoms with van der Waals surface area (Å²) in [6.07, 6.45) is 0.298. The minimum Gasteiger partial charge on any atom is -0.483 e. The molecule has 0 aromatic heterocycles. The van der Waals surface area contributed by atoms with Crippen LogP contribution >= 0.6 is 0 Å². The number of aliphatic imine (C=N–C) groups is 1. The van der Waals surface area contributed by atoms with E-state index in [4.69, 9.17) is 0 Å². The van der Waals surface area contributed by atoms with Crippen LogP contribution in [0.1, 0.15) is 138 Å². The summed E-state index contributed by atoms with van der Waals surface area (Å²) in [4.78, 5) is 214. The fraction of sp³-hybridized carbons (Fsp3) is 0.672. The zero-order valence-electron chi connectivity index (χ0n) is 59.6. The van der Waals surface area contributed by atoms with E-state index in [0.29, 0.717) is 0 Å². The van der Waals surface area contributed by atoms with Gasteiger partial charge in [0.25, 0.3) is 0 Å². The molecule has 0 saturated carbocycles. The second-order valence-corrected chi connectivity index (χ2v) is 24.7. The molecule has 38 heteroatoms. The van der Waals surface area contributed by atoms with E-state index in [9.17, 15) is 86.6 Å². The molecule has 3 aliphatic heterocycles. The average Bonchev–Trinajstić information content (AvgIpc) is 1.61. The second-order valence-electron chi connectivity index (χ2n) is 24.7. The summed E-state index contributed by atoms with van der Waals surface area (Å²) in [5, 5.41) is 55.7. The van der Waals surface area contributed by atoms with Crippen molar-refractivity contribution in [3.63, 3.8) is 0 Å². The summed E-state index contributed by atoms with van der Waals surface area (Å²) in [6.45, 7) is 33.3. The number of carbonyl (C=O) groups excluding carboxylic acids is 17. The Bertz CT molecular complexity index is 2930. The van der Waals surface area contributed by atoms with Gasteiger partial charge < -0.3 is 108 Å². The van der Waals surface area contributed by atoms with Gasteiger partial charge in [0.2, 0.25) is 100 Å². The van der Waals surface area contributed by atoms with Crippen molar-refractivity contribution in [1.82, 2.24) is 95.7 Å². The molecule has 3 aliphatic rings. The molecule has 2 saturated heterocycles. The average molecular weight is 1480 g/mol. The van der Waals surface area contributed by atoms with Crippen LogP contribution in [0.5, 0.6) is 0 Å². The van der Waals surface area contributed by atoms with Gasteiger partial charge >= 0.3 is 0 Å². The Morgan fingerprint density at radius 3 is 0.798 bits per heavy atom. The number of aliphatic hydroxyl groups excluding tert-OH is 1. The Morgan fingerprint density at radius 2 is 0.525 bits per heavy atom. The van der Waals surface area contributed by atoms with Gasteiger partial charge in [-0.25, -0.2) is 6.54 Å². The molecular weight excluding hydrogens is 1380 g/mol. The van der Waals surface area contributed by atoms with Crippen LogP contribution in [0.25, 0.3) is 0 Å². The van der Waals surface area contributed by atoms with Gasteiger partial charge in [-0.05, 0) is 124 Å². The van der Waals surface area contributed by atoms with E-state index in [2.05, 4.69) is 108 Å². The molecule has 555 valence electrons. The number of rotatable bonds is 0. The van der Waals surface area contributed by atoms with Crippen LogP contribution < -0.4 is 95.7 Å². The zero-order valence-corrected chi connectivity index (χ0v) is 62.4. The molecule has 2 fully saturated rings. The van der Waals surface area contributed by atoms with Crippen molar-refractivity contribution in [2.45, 2.75) is 259 Å². The molecule has 3 rings (SSSR count). The van der Waals surface area contributed by atoms with Gasteiger partial charge in [-0.1, -0.05) is 25.9 Å². The van der Waals surface area contributed by atoms with Crippen molar-refractivity contribution < 1.29 is 119 Å². The van der Waals surface area contributed by atoms with Crippen molar-refractivity contribution >= 4 is 107 Å². The first-order valence-corrected chi connectivity index (χ1v) is 32.1. The Kier molecular flexibility index (Phi) is 39.6. The standard InChI is InChI=1S/C22H38N6O7.C21H35N7O6.C18H30N6O5.Y/c1-9-8-16(29)10(2)23-18(31)12(4)25-20(33)14(6)27-22(35)15(7)28-21(34)13(5)26-19(32)11(3)24-17(9)30;1-9-8-22-10(2)16(29)24-12(4)18(31)26-14(6)20(33)28-15(7)21(34)27-13(5)19(32)25-11(3)17(30)23-9;1-8-7-19-9(2)14(25)21-11(4)16(27)23-13(6)18(29)24-12(5)17(28)22-10(3)15(26)20-8;/h9-16,29H,8H2,1-7H3,(H,23,31)(H,24,30)(H,25,33)(H,26,32)(H,27,35)(H,28,34);8-15H,1-7H3,(H,23,30)(H,24,29)(H,25,32)(H,26,31)(H,27,34)(H,28,33);7-13,19H,2H2,1,3-6H3,(H,20,26)(H,21,25)(H,22,28)(H,23,27)(H,24,29);/q;;-2;. The maximum Gasteiger partial charge on any atom is 0.245 e. The van der Waals surface area contributed by atoms with E-state index in [1.807, 2.05) is 0 Å². The summed E-state index contributed by atoms with van der Waals surface area (Å²) in [7, 11) is 0. The number of amides is 17. The Balaban J connectivity index is 0.00000145. The van der Waals surface area contributed by atoms with E-state index < -0.39 is 227 Å². The third-order valence-corrected chi connectivity index (χ3v) is 15.0. The number of hydrogen-bond donors (Lipinski definition) is 19. The molecule has 0 bridgehead atoms. The molecule has 37 nitrogen and oxygen atoms in total. The normalized spacial score (nSPS) is 33.9. The molecule has 0 aliphatic carbocycles. The maximum absolute atomic E-state index is 12.5. The van der Waals surface area contributed by atoms with E-state index in [0.717, 1.165) is 0 Å². The van der Waals surface area contributed by atoms with Crippen LogP contribution in [-0.4, -0.2) is 233 Å². The van der Waals surface area contributed by atoms with Crippen molar-refractivity contribution in [2.75, 3.05) is 0 Å². The smallest absolute Gasteiger partial charge is 0.245 e. The van der Waals surface area contributed by atoms with Gasteiger partial charge in [-0.3, -0.25) is 86.5 Å². The molecular formula is C61H103N19O18Y-2. The van der Waals surface area contributed by atoms with Crippen molar-refractivity contribution in [3.05, 3.63) is 13.5 Å². The minimum absolute atomic E-state index is 0. The molecule has 0 aromatic rings. The van der Waals surface area contributed by atoms with Crippen LogP contribution in [0.15, 0.2) is 4.99 Å². The summed E-state index contributed by atoms with van der Waals surface area (Å²) in [6, 6.07) is -17.0. The van der Waals surface area contributed by atoms with E-state index >= 15 is 0 Å².